The van der Waals surface area contributed by atoms with Gasteiger partial charge < -0.3 is 9.57 Å². The molecule has 2 amide bonds. The van der Waals surface area contributed by atoms with Gasteiger partial charge in [-0.1, -0.05) is 17.2 Å². The number of rotatable bonds is 3. The molecule has 1 aromatic rings. The van der Waals surface area contributed by atoms with Crippen LogP contribution >= 0.6 is 0 Å². The molecule has 0 radical (unpaired) electrons. The number of carbonyl (C=O) groups is 4. The monoisotopic (exact) mass is 423 g/mol. The Hall–Kier alpha value is -2.75. The number of imide groups is 1. The van der Waals surface area contributed by atoms with E-state index in [4.69, 9.17) is 9.57 Å². The van der Waals surface area contributed by atoms with Gasteiger partial charge in [-0.05, 0) is 45.7 Å². The number of hydroxylamine groups is 2. The van der Waals surface area contributed by atoms with Crippen molar-refractivity contribution in [3.8, 4) is 0 Å². The summed E-state index contributed by atoms with van der Waals surface area (Å²) < 4.78 is 29.0. The van der Waals surface area contributed by atoms with E-state index in [1.54, 1.807) is 32.9 Å². The van der Waals surface area contributed by atoms with Gasteiger partial charge in [0.15, 0.2) is 5.41 Å². The normalized spacial score (nSPS) is 20.2. The summed E-state index contributed by atoms with van der Waals surface area (Å²) in [6.45, 7) is 4.81. The predicted molar refractivity (Wildman–Crippen MR) is 99.2 cm³/mol. The SMILES string of the molecule is CC(C)(C)OC(=O)C1(C(=O)ON2C(=O)c3ccccc3C2=O)CCS(=O)(=O)CC1. The summed E-state index contributed by atoms with van der Waals surface area (Å²) in [4.78, 5) is 55.8. The van der Waals surface area contributed by atoms with Crippen LogP contribution in [0.5, 0.6) is 0 Å². The van der Waals surface area contributed by atoms with Crippen LogP contribution in [0.15, 0.2) is 24.3 Å². The Balaban J connectivity index is 1.89. The number of carbonyl (C=O) groups excluding carboxylic acids is 4. The number of benzene rings is 1. The highest BCUT2D eigenvalue weighted by molar-refractivity contribution is 7.91. The molecule has 0 spiro atoms. The van der Waals surface area contributed by atoms with E-state index in [0.29, 0.717) is 5.06 Å². The van der Waals surface area contributed by atoms with Gasteiger partial charge in [-0.25, -0.2) is 13.2 Å². The number of amides is 2. The molecular weight excluding hydrogens is 402 g/mol. The number of esters is 1. The van der Waals surface area contributed by atoms with E-state index in [1.807, 2.05) is 0 Å². The molecule has 3 rings (SSSR count). The van der Waals surface area contributed by atoms with Crippen molar-refractivity contribution in [2.45, 2.75) is 39.2 Å². The van der Waals surface area contributed by atoms with Crippen molar-refractivity contribution in [3.63, 3.8) is 0 Å². The third kappa shape index (κ3) is 3.89. The van der Waals surface area contributed by atoms with Gasteiger partial charge in [0.1, 0.15) is 15.4 Å². The fourth-order valence-electron chi connectivity index (χ4n) is 3.17. The molecule has 0 saturated carbocycles. The Kier molecular flexibility index (Phi) is 5.02. The predicted octanol–water partition coefficient (Wildman–Crippen LogP) is 1.28. The molecule has 0 bridgehead atoms. The van der Waals surface area contributed by atoms with Gasteiger partial charge >= 0.3 is 11.9 Å². The molecule has 29 heavy (non-hydrogen) atoms. The number of sulfone groups is 1. The van der Waals surface area contributed by atoms with Gasteiger partial charge in [-0.2, -0.15) is 0 Å². The van der Waals surface area contributed by atoms with Crippen LogP contribution in [-0.2, 0) is 29.0 Å². The summed E-state index contributed by atoms with van der Waals surface area (Å²) in [6.07, 6.45) is -0.710. The van der Waals surface area contributed by atoms with E-state index in [1.165, 1.54) is 12.1 Å². The molecule has 0 aliphatic carbocycles. The Morgan fingerprint density at radius 3 is 1.90 bits per heavy atom. The molecular formula is C19H21NO8S. The summed E-state index contributed by atoms with van der Waals surface area (Å²) in [7, 11) is -3.42. The minimum Gasteiger partial charge on any atom is -0.459 e. The zero-order valence-electron chi connectivity index (χ0n) is 16.3. The second-order valence-electron chi connectivity index (χ2n) is 8.06. The molecule has 1 fully saturated rings. The number of fused-ring (bicyclic) bond motifs is 1. The van der Waals surface area contributed by atoms with Crippen LogP contribution < -0.4 is 0 Å². The minimum atomic E-state index is -3.42. The molecule has 0 unspecified atom stereocenters. The highest BCUT2D eigenvalue weighted by atomic mass is 32.2. The Morgan fingerprint density at radius 2 is 1.45 bits per heavy atom. The van der Waals surface area contributed by atoms with Crippen molar-refractivity contribution >= 4 is 33.6 Å². The number of hydrogen-bond donors (Lipinski definition) is 0. The number of nitrogens with zero attached hydrogens (tertiary/aromatic N) is 1. The van der Waals surface area contributed by atoms with E-state index in [9.17, 15) is 27.6 Å². The summed E-state index contributed by atoms with van der Waals surface area (Å²) in [5.41, 5.74) is -2.71. The van der Waals surface area contributed by atoms with E-state index in [-0.39, 0.29) is 24.0 Å². The van der Waals surface area contributed by atoms with Crippen LogP contribution in [0.1, 0.15) is 54.3 Å². The fraction of sp³-hybridized carbons (Fsp3) is 0.474. The standard InChI is InChI=1S/C19H21NO8S/c1-18(2,3)27-16(23)19(8-10-29(25,26)11-9-19)17(24)28-20-14(21)12-6-4-5-7-13(12)15(20)22/h4-7H,8-11H2,1-3H3. The zero-order valence-corrected chi connectivity index (χ0v) is 17.1. The maximum atomic E-state index is 13.0. The lowest BCUT2D eigenvalue weighted by Crippen LogP contribution is -2.51. The molecule has 156 valence electrons. The molecule has 0 aromatic heterocycles. The molecule has 0 atom stereocenters. The van der Waals surface area contributed by atoms with E-state index >= 15 is 0 Å². The lowest BCUT2D eigenvalue weighted by molar-refractivity contribution is -0.194. The van der Waals surface area contributed by atoms with Gasteiger partial charge in [0.2, 0.25) is 0 Å². The molecule has 0 N–H and O–H groups in total. The van der Waals surface area contributed by atoms with Crippen LogP contribution in [0, 0.1) is 5.41 Å². The lowest BCUT2D eigenvalue weighted by atomic mass is 9.82. The van der Waals surface area contributed by atoms with Crippen LogP contribution in [0.2, 0.25) is 0 Å². The fourth-order valence-corrected chi connectivity index (χ4v) is 4.70. The molecule has 2 aliphatic heterocycles. The number of ether oxygens (including phenoxy) is 1. The van der Waals surface area contributed by atoms with Gasteiger partial charge in [0.25, 0.3) is 11.8 Å². The highest BCUT2D eigenvalue weighted by Crippen LogP contribution is 2.38. The quantitative estimate of drug-likeness (QED) is 0.404. The molecule has 2 aliphatic rings. The first-order valence-electron chi connectivity index (χ1n) is 9.00. The summed E-state index contributed by atoms with van der Waals surface area (Å²) in [6, 6.07) is 5.95. The van der Waals surface area contributed by atoms with Crippen molar-refractivity contribution < 1.29 is 37.2 Å². The molecule has 1 saturated heterocycles. The summed E-state index contributed by atoms with van der Waals surface area (Å²) >= 11 is 0. The first-order chi connectivity index (χ1) is 13.4. The zero-order chi connectivity index (χ0) is 21.6. The molecule has 10 heteroatoms. The number of hydrogen-bond acceptors (Lipinski definition) is 8. The van der Waals surface area contributed by atoms with Crippen molar-refractivity contribution in [2.75, 3.05) is 11.5 Å². The molecule has 2 heterocycles. The molecule has 9 nitrogen and oxygen atoms in total. The topological polar surface area (TPSA) is 124 Å². The van der Waals surface area contributed by atoms with E-state index in [2.05, 4.69) is 0 Å². The van der Waals surface area contributed by atoms with Crippen LogP contribution in [0.3, 0.4) is 0 Å². The average molecular weight is 423 g/mol. The average Bonchev–Trinajstić information content (AvgIpc) is 2.86. The van der Waals surface area contributed by atoms with Crippen molar-refractivity contribution in [1.29, 1.82) is 0 Å². The van der Waals surface area contributed by atoms with Gasteiger partial charge in [0.05, 0.1) is 22.6 Å². The van der Waals surface area contributed by atoms with Crippen LogP contribution in [0.25, 0.3) is 0 Å². The van der Waals surface area contributed by atoms with Crippen LogP contribution in [0.4, 0.5) is 0 Å². The smallest absolute Gasteiger partial charge is 0.350 e. The van der Waals surface area contributed by atoms with E-state index in [0.717, 1.165) is 0 Å². The van der Waals surface area contributed by atoms with Gasteiger partial charge in [-0.15, -0.1) is 0 Å². The first-order valence-corrected chi connectivity index (χ1v) is 10.8. The first kappa shape index (κ1) is 21.0. The van der Waals surface area contributed by atoms with E-state index < -0.39 is 56.1 Å². The summed E-state index contributed by atoms with van der Waals surface area (Å²) in [5, 5.41) is 0.308. The largest absolute Gasteiger partial charge is 0.459 e. The van der Waals surface area contributed by atoms with Crippen molar-refractivity contribution in [1.82, 2.24) is 5.06 Å². The maximum Gasteiger partial charge on any atom is 0.350 e. The van der Waals surface area contributed by atoms with Gasteiger partial charge in [0, 0.05) is 0 Å². The van der Waals surface area contributed by atoms with Crippen LogP contribution in [-0.4, -0.2) is 54.3 Å². The Morgan fingerprint density at radius 1 is 0.966 bits per heavy atom. The maximum absolute atomic E-state index is 13.0. The Labute approximate surface area is 167 Å². The second-order valence-corrected chi connectivity index (χ2v) is 10.4. The molecule has 1 aromatic carbocycles. The summed E-state index contributed by atoms with van der Waals surface area (Å²) in [5.74, 6) is -4.62. The van der Waals surface area contributed by atoms with Crippen molar-refractivity contribution in [2.24, 2.45) is 5.41 Å². The highest BCUT2D eigenvalue weighted by Gasteiger charge is 2.55. The van der Waals surface area contributed by atoms with Crippen molar-refractivity contribution in [3.05, 3.63) is 35.4 Å². The third-order valence-electron chi connectivity index (χ3n) is 4.79. The third-order valence-corrected chi connectivity index (χ3v) is 6.44. The van der Waals surface area contributed by atoms with Gasteiger partial charge in [-0.3, -0.25) is 14.4 Å². The lowest BCUT2D eigenvalue weighted by Gasteiger charge is -2.35. The minimum absolute atomic E-state index is 0.0721. The second kappa shape index (κ2) is 6.94. The Bertz CT molecular complexity index is 956.